The van der Waals surface area contributed by atoms with Gasteiger partial charge in [0.2, 0.25) is 5.95 Å². The highest BCUT2D eigenvalue weighted by molar-refractivity contribution is 6.29. The lowest BCUT2D eigenvalue weighted by atomic mass is 9.88. The van der Waals surface area contributed by atoms with Crippen molar-refractivity contribution in [2.75, 3.05) is 47.1 Å². The van der Waals surface area contributed by atoms with Crippen molar-refractivity contribution in [1.29, 1.82) is 0 Å². The molecule has 6 rings (SSSR count). The molecule has 36 heavy (non-hydrogen) atoms. The number of anilines is 5. The third kappa shape index (κ3) is 3.99. The molecule has 4 heterocycles. The third-order valence-electron chi connectivity index (χ3n) is 7.82. The highest BCUT2D eigenvalue weighted by Crippen LogP contribution is 2.47. The number of fused-ring (bicyclic) bond motifs is 3. The maximum absolute atomic E-state index is 13.6. The highest BCUT2D eigenvalue weighted by Gasteiger charge is 2.44. The number of benzene rings is 1. The van der Waals surface area contributed by atoms with Crippen molar-refractivity contribution in [2.24, 2.45) is 11.8 Å². The molecule has 0 amide bonds. The maximum Gasteiger partial charge on any atom is 0.226 e. The molecular weight excluding hydrogens is 479 g/mol. The summed E-state index contributed by atoms with van der Waals surface area (Å²) in [6.07, 6.45) is 3.82. The Morgan fingerprint density at radius 3 is 2.44 bits per heavy atom. The van der Waals surface area contributed by atoms with Crippen molar-refractivity contribution in [3.8, 4) is 0 Å². The predicted octanol–water partition coefficient (Wildman–Crippen LogP) is 4.86. The number of halogens is 2. The molecule has 1 aromatic carbocycles. The van der Waals surface area contributed by atoms with Crippen molar-refractivity contribution in [3.63, 3.8) is 0 Å². The Balaban J connectivity index is 1.29. The van der Waals surface area contributed by atoms with E-state index in [4.69, 9.17) is 21.6 Å². The fourth-order valence-corrected chi connectivity index (χ4v) is 6.33. The van der Waals surface area contributed by atoms with Crippen LogP contribution in [0.5, 0.6) is 0 Å². The average Bonchev–Trinajstić information content (AvgIpc) is 3.25. The molecule has 1 aliphatic carbocycles. The van der Waals surface area contributed by atoms with Gasteiger partial charge in [-0.05, 0) is 48.9 Å². The third-order valence-corrected chi connectivity index (χ3v) is 8.03. The molecule has 10 heteroatoms. The van der Waals surface area contributed by atoms with Crippen LogP contribution >= 0.6 is 11.6 Å². The second-order valence-corrected chi connectivity index (χ2v) is 11.0. The first kappa shape index (κ1) is 23.2. The van der Waals surface area contributed by atoms with E-state index in [2.05, 4.69) is 44.2 Å². The van der Waals surface area contributed by atoms with Crippen molar-refractivity contribution in [3.05, 3.63) is 53.2 Å². The van der Waals surface area contributed by atoms with E-state index in [-0.39, 0.29) is 17.3 Å². The van der Waals surface area contributed by atoms with Crippen LogP contribution in [-0.4, -0.2) is 52.7 Å². The molecule has 2 N–H and O–H groups in total. The number of hydrogen-bond acceptors (Lipinski definition) is 8. The standard InChI is InChI=1S/C26H30ClFN8/c1-26(2)13-36(18-8-6-17(28)7-9-18)24-21(26)23(29-3)33-25(34-24)32-22-15-4-5-16(22)12-35(11-15)20-10-19(27)30-14-31-20/h6-10,14-16,22H,4-5,11-13H2,1-3H3,(H2,29,32,33,34). The molecule has 2 bridgehead atoms. The van der Waals surface area contributed by atoms with Gasteiger partial charge in [0.25, 0.3) is 0 Å². The number of nitrogens with zero attached hydrogens (tertiary/aromatic N) is 6. The zero-order chi connectivity index (χ0) is 25.0. The number of piperidine rings is 1. The van der Waals surface area contributed by atoms with E-state index in [1.807, 2.05) is 25.2 Å². The molecule has 0 spiro atoms. The summed E-state index contributed by atoms with van der Waals surface area (Å²) in [7, 11) is 1.90. The summed E-state index contributed by atoms with van der Waals surface area (Å²) in [5.41, 5.74) is 1.84. The number of aromatic nitrogens is 4. The van der Waals surface area contributed by atoms with Gasteiger partial charge in [0.1, 0.15) is 34.8 Å². The number of hydrogen-bond donors (Lipinski definition) is 2. The first-order chi connectivity index (χ1) is 17.3. The van der Waals surface area contributed by atoms with Gasteiger partial charge in [0, 0.05) is 55.5 Å². The fourth-order valence-electron chi connectivity index (χ4n) is 6.19. The van der Waals surface area contributed by atoms with Crippen molar-refractivity contribution in [2.45, 2.75) is 38.1 Å². The van der Waals surface area contributed by atoms with E-state index in [0.717, 1.165) is 61.2 Å². The van der Waals surface area contributed by atoms with Crippen LogP contribution in [0.25, 0.3) is 0 Å². The summed E-state index contributed by atoms with van der Waals surface area (Å²) in [6.45, 7) is 6.94. The van der Waals surface area contributed by atoms with Crippen LogP contribution in [0.4, 0.5) is 33.5 Å². The Morgan fingerprint density at radius 1 is 1.06 bits per heavy atom. The summed E-state index contributed by atoms with van der Waals surface area (Å²) in [5, 5.41) is 7.47. The number of rotatable bonds is 5. The van der Waals surface area contributed by atoms with Gasteiger partial charge in [0.15, 0.2) is 0 Å². The number of nitrogens with one attached hydrogen (secondary N) is 2. The van der Waals surface area contributed by atoms with E-state index < -0.39 is 0 Å². The first-order valence-corrected chi connectivity index (χ1v) is 12.8. The average molecular weight is 509 g/mol. The molecule has 2 fully saturated rings. The lowest BCUT2D eigenvalue weighted by molar-refractivity contribution is 0.375. The van der Waals surface area contributed by atoms with Crippen LogP contribution in [0.2, 0.25) is 5.15 Å². The summed E-state index contributed by atoms with van der Waals surface area (Å²) >= 11 is 6.11. The van der Waals surface area contributed by atoms with Crippen molar-refractivity contribution in [1.82, 2.24) is 19.9 Å². The Labute approximate surface area is 215 Å². The van der Waals surface area contributed by atoms with Gasteiger partial charge in [-0.1, -0.05) is 25.4 Å². The van der Waals surface area contributed by atoms with Gasteiger partial charge < -0.3 is 20.4 Å². The minimum Gasteiger partial charge on any atom is -0.373 e. The summed E-state index contributed by atoms with van der Waals surface area (Å²) < 4.78 is 13.6. The van der Waals surface area contributed by atoms with Gasteiger partial charge in [-0.2, -0.15) is 9.97 Å². The van der Waals surface area contributed by atoms with Gasteiger partial charge >= 0.3 is 0 Å². The quantitative estimate of drug-likeness (QED) is 0.473. The Kier molecular flexibility index (Phi) is 5.63. The molecule has 3 aliphatic rings. The lowest BCUT2D eigenvalue weighted by Crippen LogP contribution is -2.48. The fraction of sp³-hybridized carbons (Fsp3) is 0.462. The molecule has 0 radical (unpaired) electrons. The smallest absolute Gasteiger partial charge is 0.226 e. The Morgan fingerprint density at radius 2 is 1.78 bits per heavy atom. The molecule has 1 saturated carbocycles. The largest absolute Gasteiger partial charge is 0.373 e. The normalized spacial score (nSPS) is 24.1. The maximum atomic E-state index is 13.6. The molecular formula is C26H30ClFN8. The van der Waals surface area contributed by atoms with E-state index >= 15 is 0 Å². The zero-order valence-electron chi connectivity index (χ0n) is 20.7. The van der Waals surface area contributed by atoms with Crippen molar-refractivity contribution >= 4 is 40.7 Å². The van der Waals surface area contributed by atoms with Crippen LogP contribution in [0.1, 0.15) is 32.3 Å². The summed E-state index contributed by atoms with van der Waals surface area (Å²) in [5.74, 6) is 3.88. The minimum atomic E-state index is -0.246. The SMILES string of the molecule is CNc1nc(NC2C3CCC2CN(c2cc(Cl)ncn2)C3)nc2c1C(C)(C)CN2c1ccc(F)cc1. The van der Waals surface area contributed by atoms with Gasteiger partial charge in [0.05, 0.1) is 0 Å². The Hall–Kier alpha value is -3.20. The molecule has 2 unspecified atom stereocenters. The minimum absolute atomic E-state index is 0.163. The van der Waals surface area contributed by atoms with Gasteiger partial charge in [-0.25, -0.2) is 14.4 Å². The predicted molar refractivity (Wildman–Crippen MR) is 141 cm³/mol. The van der Waals surface area contributed by atoms with E-state index in [1.54, 1.807) is 0 Å². The summed E-state index contributed by atoms with van der Waals surface area (Å²) in [6, 6.07) is 8.73. The Bertz CT molecular complexity index is 1270. The molecule has 1 saturated heterocycles. The van der Waals surface area contributed by atoms with Gasteiger partial charge in [-0.3, -0.25) is 0 Å². The molecule has 188 valence electrons. The second-order valence-electron chi connectivity index (χ2n) is 10.7. The van der Waals surface area contributed by atoms with Crippen LogP contribution in [0, 0.1) is 17.7 Å². The van der Waals surface area contributed by atoms with Crippen LogP contribution in [0.15, 0.2) is 36.7 Å². The van der Waals surface area contributed by atoms with Crippen molar-refractivity contribution < 1.29 is 4.39 Å². The van der Waals surface area contributed by atoms with Crippen LogP contribution < -0.4 is 20.4 Å². The molecule has 3 aromatic rings. The van der Waals surface area contributed by atoms with E-state index in [1.165, 1.54) is 18.5 Å². The lowest BCUT2D eigenvalue weighted by Gasteiger charge is -2.39. The zero-order valence-corrected chi connectivity index (χ0v) is 21.4. The topological polar surface area (TPSA) is 82.1 Å². The van der Waals surface area contributed by atoms with Crippen LogP contribution in [-0.2, 0) is 5.41 Å². The molecule has 2 aliphatic heterocycles. The van der Waals surface area contributed by atoms with Crippen LogP contribution in [0.3, 0.4) is 0 Å². The molecule has 2 atom stereocenters. The summed E-state index contributed by atoms with van der Waals surface area (Å²) in [4.78, 5) is 22.9. The molecule has 2 aromatic heterocycles. The van der Waals surface area contributed by atoms with Gasteiger partial charge in [-0.15, -0.1) is 0 Å². The molecule has 8 nitrogen and oxygen atoms in total. The van der Waals surface area contributed by atoms with E-state index in [9.17, 15) is 4.39 Å². The van der Waals surface area contributed by atoms with E-state index in [0.29, 0.717) is 22.9 Å². The first-order valence-electron chi connectivity index (χ1n) is 12.4. The highest BCUT2D eigenvalue weighted by atomic mass is 35.5. The monoisotopic (exact) mass is 508 g/mol. The second kappa shape index (κ2) is 8.73.